The lowest BCUT2D eigenvalue weighted by Gasteiger charge is -2.11. The first-order valence-corrected chi connectivity index (χ1v) is 7.07. The van der Waals surface area contributed by atoms with Crippen LogP contribution in [0.1, 0.15) is 25.3 Å². The third-order valence-corrected chi connectivity index (χ3v) is 3.45. The van der Waals surface area contributed by atoms with Crippen LogP contribution in [0.4, 0.5) is 0 Å². The summed E-state index contributed by atoms with van der Waals surface area (Å²) < 4.78 is 1.75. The highest BCUT2D eigenvalue weighted by molar-refractivity contribution is 6.05. The van der Waals surface area contributed by atoms with Crippen LogP contribution in [0.2, 0.25) is 0 Å². The van der Waals surface area contributed by atoms with Crippen molar-refractivity contribution in [3.8, 4) is 0 Å². The van der Waals surface area contributed by atoms with Gasteiger partial charge in [-0.1, -0.05) is 11.3 Å². The third kappa shape index (κ3) is 2.95. The van der Waals surface area contributed by atoms with Crippen molar-refractivity contribution in [3.63, 3.8) is 0 Å². The van der Waals surface area contributed by atoms with Crippen molar-refractivity contribution in [3.05, 3.63) is 23.8 Å². The van der Waals surface area contributed by atoms with Crippen LogP contribution in [0, 0.1) is 0 Å². The predicted octanol–water partition coefficient (Wildman–Crippen LogP) is 0.181. The number of carbonyl (C=O) groups excluding carboxylic acids is 2. The maximum absolute atomic E-state index is 11.1. The maximum atomic E-state index is 11.1. The van der Waals surface area contributed by atoms with E-state index in [-0.39, 0.29) is 11.8 Å². The predicted molar refractivity (Wildman–Crippen MR) is 80.1 cm³/mol. The number of hydrogen-bond acceptors (Lipinski definition) is 5. The first-order valence-electron chi connectivity index (χ1n) is 7.07. The van der Waals surface area contributed by atoms with E-state index in [1.54, 1.807) is 4.68 Å². The number of nitrogens with zero attached hydrogens (tertiary/aromatic N) is 4. The van der Waals surface area contributed by atoms with Crippen LogP contribution in [-0.4, -0.2) is 39.1 Å². The quantitative estimate of drug-likeness (QED) is 0.841. The molecule has 1 aliphatic heterocycles. The van der Waals surface area contributed by atoms with E-state index >= 15 is 0 Å². The van der Waals surface area contributed by atoms with Gasteiger partial charge in [0.05, 0.1) is 17.8 Å². The zero-order valence-electron chi connectivity index (χ0n) is 12.2. The van der Waals surface area contributed by atoms with Crippen molar-refractivity contribution in [1.29, 1.82) is 0 Å². The van der Waals surface area contributed by atoms with E-state index in [4.69, 9.17) is 0 Å². The summed E-state index contributed by atoms with van der Waals surface area (Å²) >= 11 is 0. The Morgan fingerprint density at radius 1 is 1.41 bits per heavy atom. The van der Waals surface area contributed by atoms with E-state index < -0.39 is 0 Å². The van der Waals surface area contributed by atoms with Crippen LogP contribution >= 0.6 is 0 Å². The fraction of sp³-hybridized carbons (Fsp3) is 0.357. The molecule has 0 fully saturated rings. The summed E-state index contributed by atoms with van der Waals surface area (Å²) in [4.78, 5) is 22.0. The van der Waals surface area contributed by atoms with Crippen LogP contribution in [0.3, 0.4) is 0 Å². The molecule has 22 heavy (non-hydrogen) atoms. The molecule has 1 aromatic heterocycles. The second-order valence-electron chi connectivity index (χ2n) is 5.09. The number of carbonyl (C=O) groups is 2. The van der Waals surface area contributed by atoms with E-state index in [9.17, 15) is 9.59 Å². The minimum Gasteiger partial charge on any atom is -0.354 e. The van der Waals surface area contributed by atoms with Gasteiger partial charge in [0.25, 0.3) is 0 Å². The minimum absolute atomic E-state index is 0.0613. The number of nitrogens with one attached hydrogen (secondary N) is 2. The number of hydrazone groups is 1. The minimum atomic E-state index is -0.0657. The topological polar surface area (TPSA) is 101 Å². The van der Waals surface area contributed by atoms with Gasteiger partial charge in [-0.2, -0.15) is 5.10 Å². The van der Waals surface area contributed by atoms with Gasteiger partial charge in [-0.3, -0.25) is 9.59 Å². The van der Waals surface area contributed by atoms with Gasteiger partial charge in [0.15, 0.2) is 0 Å². The van der Waals surface area contributed by atoms with Crippen LogP contribution in [-0.2, 0) is 16.1 Å². The molecule has 114 valence electrons. The first kappa shape index (κ1) is 14.2. The van der Waals surface area contributed by atoms with Crippen molar-refractivity contribution in [2.24, 2.45) is 5.10 Å². The molecule has 0 aliphatic carbocycles. The molecule has 0 atom stereocenters. The summed E-state index contributed by atoms with van der Waals surface area (Å²) in [7, 11) is 0. The molecule has 2 amide bonds. The molecule has 0 radical (unpaired) electrons. The summed E-state index contributed by atoms with van der Waals surface area (Å²) in [5.41, 5.74) is 5.93. The molecule has 0 unspecified atom stereocenters. The number of benzene rings is 1. The fourth-order valence-corrected chi connectivity index (χ4v) is 2.34. The molecule has 8 heteroatoms. The van der Waals surface area contributed by atoms with E-state index in [0.717, 1.165) is 22.3 Å². The number of aromatic nitrogens is 3. The molecule has 0 bridgehead atoms. The smallest absolute Gasteiger partial charge is 0.240 e. The van der Waals surface area contributed by atoms with Gasteiger partial charge in [0, 0.05) is 31.9 Å². The number of amides is 2. The van der Waals surface area contributed by atoms with E-state index in [2.05, 4.69) is 26.2 Å². The highest BCUT2D eigenvalue weighted by Crippen LogP contribution is 2.16. The monoisotopic (exact) mass is 300 g/mol. The largest absolute Gasteiger partial charge is 0.354 e. The summed E-state index contributed by atoms with van der Waals surface area (Å²) in [6.45, 7) is 2.55. The third-order valence-electron chi connectivity index (χ3n) is 3.45. The molecular formula is C14H16N6O2. The molecule has 2 heterocycles. The molecule has 0 spiro atoms. The zero-order valence-corrected chi connectivity index (χ0v) is 12.2. The van der Waals surface area contributed by atoms with Gasteiger partial charge in [-0.15, -0.1) is 5.10 Å². The standard InChI is InChI=1S/C14H16N6O2/c1-9(21)15-6-7-20-13-4-2-10(8-12(13)17-19-20)11-3-5-14(22)18-16-11/h2,4,8H,3,5-7H2,1H3,(H,15,21)(H,18,22). The van der Waals surface area contributed by atoms with Gasteiger partial charge >= 0.3 is 0 Å². The molecular weight excluding hydrogens is 284 g/mol. The first-order chi connectivity index (χ1) is 10.6. The average Bonchev–Trinajstić information content (AvgIpc) is 2.90. The van der Waals surface area contributed by atoms with Gasteiger partial charge in [-0.05, 0) is 12.1 Å². The maximum Gasteiger partial charge on any atom is 0.240 e. The Morgan fingerprint density at radius 2 is 2.27 bits per heavy atom. The van der Waals surface area contributed by atoms with E-state index in [1.165, 1.54) is 6.92 Å². The SMILES string of the molecule is CC(=O)NCCn1nnc2cc(C3=NNC(=O)CC3)ccc21. The van der Waals surface area contributed by atoms with Crippen molar-refractivity contribution in [1.82, 2.24) is 25.7 Å². The summed E-state index contributed by atoms with van der Waals surface area (Å²) in [6.07, 6.45) is 1.06. The lowest BCUT2D eigenvalue weighted by Crippen LogP contribution is -2.25. The molecule has 1 aromatic carbocycles. The Bertz CT molecular complexity index is 764. The Labute approximate surface area is 126 Å². The Balaban J connectivity index is 1.80. The lowest BCUT2D eigenvalue weighted by atomic mass is 10.0. The molecule has 2 N–H and O–H groups in total. The zero-order chi connectivity index (χ0) is 15.5. The van der Waals surface area contributed by atoms with Crippen LogP contribution in [0.25, 0.3) is 11.0 Å². The summed E-state index contributed by atoms with van der Waals surface area (Å²) in [6, 6.07) is 5.78. The molecule has 8 nitrogen and oxygen atoms in total. The van der Waals surface area contributed by atoms with Gasteiger partial charge in [-0.25, -0.2) is 10.1 Å². The Hall–Kier alpha value is -2.77. The van der Waals surface area contributed by atoms with Gasteiger partial charge in [0.2, 0.25) is 11.8 Å². The number of hydrogen-bond donors (Lipinski definition) is 2. The second kappa shape index (κ2) is 5.92. The highest BCUT2D eigenvalue weighted by Gasteiger charge is 2.14. The summed E-state index contributed by atoms with van der Waals surface area (Å²) in [5, 5.41) is 15.0. The van der Waals surface area contributed by atoms with Crippen molar-refractivity contribution in [2.45, 2.75) is 26.3 Å². The fourth-order valence-electron chi connectivity index (χ4n) is 2.34. The van der Waals surface area contributed by atoms with E-state index in [0.29, 0.717) is 25.9 Å². The van der Waals surface area contributed by atoms with E-state index in [1.807, 2.05) is 18.2 Å². The summed E-state index contributed by atoms with van der Waals surface area (Å²) in [5.74, 6) is -0.127. The Morgan fingerprint density at radius 3 is 3.00 bits per heavy atom. The van der Waals surface area contributed by atoms with Crippen molar-refractivity contribution in [2.75, 3.05) is 6.54 Å². The van der Waals surface area contributed by atoms with Crippen molar-refractivity contribution >= 4 is 28.6 Å². The van der Waals surface area contributed by atoms with Crippen LogP contribution in [0.15, 0.2) is 23.3 Å². The normalized spacial score (nSPS) is 14.6. The van der Waals surface area contributed by atoms with Gasteiger partial charge < -0.3 is 5.32 Å². The second-order valence-corrected chi connectivity index (χ2v) is 5.09. The van der Waals surface area contributed by atoms with Crippen LogP contribution < -0.4 is 10.7 Å². The molecule has 0 saturated heterocycles. The number of fused-ring (bicyclic) bond motifs is 1. The molecule has 0 saturated carbocycles. The molecule has 2 aromatic rings. The van der Waals surface area contributed by atoms with Gasteiger partial charge in [0.1, 0.15) is 5.52 Å². The lowest BCUT2D eigenvalue weighted by molar-refractivity contribution is -0.121. The molecule has 1 aliphatic rings. The van der Waals surface area contributed by atoms with Crippen molar-refractivity contribution < 1.29 is 9.59 Å². The Kier molecular flexibility index (Phi) is 3.82. The molecule has 3 rings (SSSR count). The average molecular weight is 300 g/mol. The highest BCUT2D eigenvalue weighted by atomic mass is 16.2. The number of rotatable bonds is 4. The van der Waals surface area contributed by atoms with Crippen LogP contribution in [0.5, 0.6) is 0 Å².